The van der Waals surface area contributed by atoms with Gasteiger partial charge in [0.2, 0.25) is 9.05 Å². The molecule has 90 valence electrons. The van der Waals surface area contributed by atoms with Gasteiger partial charge in [0.15, 0.2) is 5.76 Å². The summed E-state index contributed by atoms with van der Waals surface area (Å²) in [5.74, 6) is -0.650. The molecule has 1 heterocycles. The highest BCUT2D eigenvalue weighted by Gasteiger charge is 2.13. The van der Waals surface area contributed by atoms with E-state index in [1.165, 1.54) is 30.3 Å². The normalized spacial score (nSPS) is 11.6. The lowest BCUT2D eigenvalue weighted by Gasteiger charge is -1.93. The molecule has 0 bridgehead atoms. The minimum absolute atomic E-state index is 0.138. The summed E-state index contributed by atoms with van der Waals surface area (Å²) in [7, 11) is 1.40. The predicted molar refractivity (Wildman–Crippen MR) is 60.4 cm³/mol. The zero-order valence-electron chi connectivity index (χ0n) is 8.43. The van der Waals surface area contributed by atoms with E-state index in [-0.39, 0.29) is 11.6 Å². The number of aromatic nitrogens is 1. The Morgan fingerprint density at radius 3 is 2.53 bits per heavy atom. The Bertz CT molecular complexity index is 621. The Labute approximate surface area is 101 Å². The van der Waals surface area contributed by atoms with Gasteiger partial charge in [-0.05, 0) is 24.3 Å². The van der Waals surface area contributed by atoms with Gasteiger partial charge in [-0.15, -0.1) is 0 Å². The molecule has 0 saturated carbocycles. The lowest BCUT2D eigenvalue weighted by atomic mass is 10.1. The third-order valence-electron chi connectivity index (χ3n) is 2.01. The molecule has 17 heavy (non-hydrogen) atoms. The summed E-state index contributed by atoms with van der Waals surface area (Å²) >= 11 is 0. The maximum Gasteiger partial charge on any atom is 0.239 e. The highest BCUT2D eigenvalue weighted by Crippen LogP contribution is 2.21. The van der Waals surface area contributed by atoms with Gasteiger partial charge in [0, 0.05) is 22.3 Å². The minimum atomic E-state index is -3.67. The van der Waals surface area contributed by atoms with Crippen molar-refractivity contribution < 1.29 is 17.3 Å². The fraction of sp³-hybridized carbons (Fsp3) is 0.100. The molecule has 0 amide bonds. The molecule has 4 nitrogen and oxygen atoms in total. The van der Waals surface area contributed by atoms with Crippen molar-refractivity contribution in [2.75, 3.05) is 0 Å². The lowest BCUT2D eigenvalue weighted by molar-refractivity contribution is 0.395. The molecule has 0 atom stereocenters. The van der Waals surface area contributed by atoms with Crippen LogP contribution in [0.5, 0.6) is 0 Å². The average molecular weight is 276 g/mol. The van der Waals surface area contributed by atoms with E-state index in [0.29, 0.717) is 11.3 Å². The van der Waals surface area contributed by atoms with Gasteiger partial charge in [0.1, 0.15) is 17.3 Å². The molecule has 1 aromatic heterocycles. The van der Waals surface area contributed by atoms with Crippen LogP contribution in [0.3, 0.4) is 0 Å². The standard InChI is InChI=1S/C10H7ClFNO3S/c11-17(14,15)6-9-5-10(13-16-9)7-1-3-8(12)4-2-7/h1-5H,6H2. The molecule has 0 unspecified atom stereocenters. The monoisotopic (exact) mass is 275 g/mol. The first-order valence-electron chi connectivity index (χ1n) is 4.58. The first-order chi connectivity index (χ1) is 7.94. The molecule has 2 rings (SSSR count). The number of hydrogen-bond donors (Lipinski definition) is 0. The fourth-order valence-corrected chi connectivity index (χ4v) is 2.11. The van der Waals surface area contributed by atoms with Crippen LogP contribution in [0.2, 0.25) is 0 Å². The maximum atomic E-state index is 12.7. The second kappa shape index (κ2) is 4.46. The van der Waals surface area contributed by atoms with Crippen LogP contribution >= 0.6 is 10.7 Å². The van der Waals surface area contributed by atoms with E-state index in [4.69, 9.17) is 15.2 Å². The number of hydrogen-bond acceptors (Lipinski definition) is 4. The average Bonchev–Trinajstić information content (AvgIpc) is 2.64. The van der Waals surface area contributed by atoms with Gasteiger partial charge in [0.05, 0.1) is 0 Å². The summed E-state index contributed by atoms with van der Waals surface area (Å²) in [5, 5.41) is 3.68. The minimum Gasteiger partial charge on any atom is -0.360 e. The zero-order valence-corrected chi connectivity index (χ0v) is 10.0. The quantitative estimate of drug-likeness (QED) is 0.808. The van der Waals surface area contributed by atoms with E-state index in [0.717, 1.165) is 0 Å². The highest BCUT2D eigenvalue weighted by molar-refractivity contribution is 8.13. The first-order valence-corrected chi connectivity index (χ1v) is 7.06. The molecule has 0 aliphatic rings. The van der Waals surface area contributed by atoms with Crippen molar-refractivity contribution in [3.63, 3.8) is 0 Å². The molecule has 2 aromatic rings. The summed E-state index contributed by atoms with van der Waals surface area (Å²) in [6, 6.07) is 7.05. The van der Waals surface area contributed by atoms with Crippen molar-refractivity contribution in [1.82, 2.24) is 5.16 Å². The maximum absolute atomic E-state index is 12.7. The van der Waals surface area contributed by atoms with Gasteiger partial charge >= 0.3 is 0 Å². The number of benzene rings is 1. The van der Waals surface area contributed by atoms with E-state index >= 15 is 0 Å². The van der Waals surface area contributed by atoms with E-state index in [1.807, 2.05) is 0 Å². The Morgan fingerprint density at radius 2 is 1.94 bits per heavy atom. The molecular weight excluding hydrogens is 269 g/mol. The number of rotatable bonds is 3. The van der Waals surface area contributed by atoms with Crippen molar-refractivity contribution >= 4 is 19.7 Å². The van der Waals surface area contributed by atoms with Crippen molar-refractivity contribution in [2.45, 2.75) is 5.75 Å². The summed E-state index contributed by atoms with van der Waals surface area (Å²) in [6.45, 7) is 0. The molecule has 0 fully saturated rings. The third kappa shape index (κ3) is 3.28. The molecule has 0 radical (unpaired) electrons. The SMILES string of the molecule is O=S(=O)(Cl)Cc1cc(-c2ccc(F)cc2)no1. The van der Waals surface area contributed by atoms with Crippen LogP contribution in [-0.4, -0.2) is 13.6 Å². The van der Waals surface area contributed by atoms with Crippen LogP contribution in [0.4, 0.5) is 4.39 Å². The van der Waals surface area contributed by atoms with E-state index < -0.39 is 14.8 Å². The summed E-state index contributed by atoms with van der Waals surface area (Å²) in [6.07, 6.45) is 0. The smallest absolute Gasteiger partial charge is 0.239 e. The lowest BCUT2D eigenvalue weighted by Crippen LogP contribution is -1.92. The largest absolute Gasteiger partial charge is 0.360 e. The van der Waals surface area contributed by atoms with Crippen molar-refractivity contribution in [3.8, 4) is 11.3 Å². The summed E-state index contributed by atoms with van der Waals surface area (Å²) in [4.78, 5) is 0. The van der Waals surface area contributed by atoms with Crippen LogP contribution in [0, 0.1) is 5.82 Å². The molecule has 1 aromatic carbocycles. The van der Waals surface area contributed by atoms with Crippen LogP contribution in [0.1, 0.15) is 5.76 Å². The first kappa shape index (κ1) is 12.1. The molecule has 0 saturated heterocycles. The van der Waals surface area contributed by atoms with Gasteiger partial charge < -0.3 is 4.52 Å². The summed E-state index contributed by atoms with van der Waals surface area (Å²) in [5.41, 5.74) is 1.06. The van der Waals surface area contributed by atoms with Crippen LogP contribution in [0.25, 0.3) is 11.3 Å². The van der Waals surface area contributed by atoms with Crippen molar-refractivity contribution in [3.05, 3.63) is 41.9 Å². The Hall–Kier alpha value is -1.40. The number of nitrogens with zero attached hydrogens (tertiary/aromatic N) is 1. The zero-order chi connectivity index (χ0) is 12.5. The van der Waals surface area contributed by atoms with E-state index in [1.54, 1.807) is 0 Å². The molecule has 7 heteroatoms. The van der Waals surface area contributed by atoms with Gasteiger partial charge in [-0.1, -0.05) is 5.16 Å². The van der Waals surface area contributed by atoms with E-state index in [2.05, 4.69) is 5.16 Å². The Balaban J connectivity index is 2.27. The second-order valence-electron chi connectivity index (χ2n) is 3.37. The van der Waals surface area contributed by atoms with Crippen LogP contribution in [-0.2, 0) is 14.8 Å². The third-order valence-corrected chi connectivity index (χ3v) is 2.97. The van der Waals surface area contributed by atoms with Crippen molar-refractivity contribution in [1.29, 1.82) is 0 Å². The fourth-order valence-electron chi connectivity index (χ4n) is 1.31. The second-order valence-corrected chi connectivity index (χ2v) is 6.15. The predicted octanol–water partition coefficient (Wildman–Crippen LogP) is 2.55. The van der Waals surface area contributed by atoms with Crippen LogP contribution < -0.4 is 0 Å². The van der Waals surface area contributed by atoms with Gasteiger partial charge in [-0.2, -0.15) is 0 Å². The van der Waals surface area contributed by atoms with Gasteiger partial charge in [-0.25, -0.2) is 12.8 Å². The molecule has 0 aliphatic heterocycles. The summed E-state index contributed by atoms with van der Waals surface area (Å²) < 4.78 is 39.1. The molecule has 0 aliphatic carbocycles. The molecule has 0 spiro atoms. The number of halogens is 2. The Kier molecular flexibility index (Phi) is 3.17. The van der Waals surface area contributed by atoms with Crippen molar-refractivity contribution in [2.24, 2.45) is 0 Å². The molecule has 0 N–H and O–H groups in total. The topological polar surface area (TPSA) is 60.2 Å². The van der Waals surface area contributed by atoms with Gasteiger partial charge in [-0.3, -0.25) is 0 Å². The highest BCUT2D eigenvalue weighted by atomic mass is 35.7. The Morgan fingerprint density at radius 1 is 1.29 bits per heavy atom. The van der Waals surface area contributed by atoms with E-state index in [9.17, 15) is 12.8 Å². The van der Waals surface area contributed by atoms with Gasteiger partial charge in [0.25, 0.3) is 0 Å². The molecular formula is C10H7ClFNO3S. The van der Waals surface area contributed by atoms with Crippen LogP contribution in [0.15, 0.2) is 34.9 Å².